The standard InChI is InChI=1S/C18H16F3N3O/c19-18(20,21)13-7-2-1-6-12(13)17(25)22-11-5-10-16-23-14-8-3-4-9-15(14)24-16/h1-4,6-9H,5,10-11H2,(H,22,25)(H,23,24). The molecule has 3 rings (SSSR count). The van der Waals surface area contributed by atoms with Crippen LogP contribution in [0.5, 0.6) is 0 Å². The van der Waals surface area contributed by atoms with Crippen molar-refractivity contribution in [3.8, 4) is 0 Å². The lowest BCUT2D eigenvalue weighted by Crippen LogP contribution is -2.27. The lowest BCUT2D eigenvalue weighted by atomic mass is 10.1. The van der Waals surface area contributed by atoms with E-state index in [4.69, 9.17) is 0 Å². The maximum Gasteiger partial charge on any atom is 0.417 e. The Balaban J connectivity index is 1.56. The van der Waals surface area contributed by atoms with E-state index in [0.29, 0.717) is 12.8 Å². The molecule has 0 unspecified atom stereocenters. The molecule has 0 atom stereocenters. The van der Waals surface area contributed by atoms with Crippen molar-refractivity contribution < 1.29 is 18.0 Å². The molecular weight excluding hydrogens is 331 g/mol. The first kappa shape index (κ1) is 17.0. The summed E-state index contributed by atoms with van der Waals surface area (Å²) in [7, 11) is 0. The molecule has 0 saturated heterocycles. The van der Waals surface area contributed by atoms with E-state index in [1.807, 2.05) is 24.3 Å². The first-order valence-electron chi connectivity index (χ1n) is 7.83. The number of H-pyrrole nitrogens is 1. The molecule has 0 bridgehead atoms. The number of amides is 1. The first-order valence-corrected chi connectivity index (χ1v) is 7.83. The van der Waals surface area contributed by atoms with E-state index >= 15 is 0 Å². The van der Waals surface area contributed by atoms with Gasteiger partial charge in [-0.2, -0.15) is 13.2 Å². The van der Waals surface area contributed by atoms with E-state index in [-0.39, 0.29) is 12.1 Å². The molecule has 2 N–H and O–H groups in total. The molecule has 0 radical (unpaired) electrons. The highest BCUT2D eigenvalue weighted by Crippen LogP contribution is 2.31. The fraction of sp³-hybridized carbons (Fsp3) is 0.222. The second kappa shape index (κ2) is 6.96. The summed E-state index contributed by atoms with van der Waals surface area (Å²) in [6, 6.07) is 12.4. The molecule has 0 saturated carbocycles. The average Bonchev–Trinajstić information content (AvgIpc) is 3.00. The monoisotopic (exact) mass is 347 g/mol. The summed E-state index contributed by atoms with van der Waals surface area (Å²) < 4.78 is 38.8. The highest BCUT2D eigenvalue weighted by atomic mass is 19.4. The molecule has 0 aliphatic heterocycles. The van der Waals surface area contributed by atoms with Crippen molar-refractivity contribution in [2.75, 3.05) is 6.54 Å². The van der Waals surface area contributed by atoms with Crippen LogP contribution in [0, 0.1) is 0 Å². The highest BCUT2D eigenvalue weighted by Gasteiger charge is 2.34. The van der Waals surface area contributed by atoms with Gasteiger partial charge in [0.15, 0.2) is 0 Å². The molecule has 1 heterocycles. The van der Waals surface area contributed by atoms with Crippen molar-refractivity contribution in [2.45, 2.75) is 19.0 Å². The van der Waals surface area contributed by atoms with E-state index < -0.39 is 17.6 Å². The number of rotatable bonds is 5. The maximum atomic E-state index is 12.9. The van der Waals surface area contributed by atoms with Crippen LogP contribution in [0.1, 0.15) is 28.2 Å². The second-order valence-electron chi connectivity index (χ2n) is 5.60. The molecule has 0 aliphatic rings. The van der Waals surface area contributed by atoms with Crippen molar-refractivity contribution in [2.24, 2.45) is 0 Å². The van der Waals surface area contributed by atoms with Gasteiger partial charge in [0.25, 0.3) is 5.91 Å². The summed E-state index contributed by atoms with van der Waals surface area (Å²) in [5.74, 6) is 0.0590. The molecule has 0 aliphatic carbocycles. The Kier molecular flexibility index (Phi) is 4.74. The Morgan fingerprint density at radius 1 is 1.08 bits per heavy atom. The van der Waals surface area contributed by atoms with Gasteiger partial charge in [-0.3, -0.25) is 4.79 Å². The van der Waals surface area contributed by atoms with Gasteiger partial charge in [-0.1, -0.05) is 24.3 Å². The van der Waals surface area contributed by atoms with E-state index in [1.165, 1.54) is 18.2 Å². The lowest BCUT2D eigenvalue weighted by Gasteiger charge is -2.12. The minimum absolute atomic E-state index is 0.266. The summed E-state index contributed by atoms with van der Waals surface area (Å²) in [6.45, 7) is 0.266. The van der Waals surface area contributed by atoms with Crippen LogP contribution in [-0.4, -0.2) is 22.4 Å². The van der Waals surface area contributed by atoms with Crippen LogP contribution in [0.2, 0.25) is 0 Å². The topological polar surface area (TPSA) is 57.8 Å². The lowest BCUT2D eigenvalue weighted by molar-refractivity contribution is -0.137. The number of nitrogens with one attached hydrogen (secondary N) is 2. The summed E-state index contributed by atoms with van der Waals surface area (Å²) in [5, 5.41) is 2.53. The van der Waals surface area contributed by atoms with Crippen LogP contribution in [-0.2, 0) is 12.6 Å². The molecule has 1 amide bonds. The van der Waals surface area contributed by atoms with Crippen molar-refractivity contribution in [1.29, 1.82) is 0 Å². The molecule has 3 aromatic rings. The normalized spacial score (nSPS) is 11.6. The average molecular weight is 347 g/mol. The molecule has 130 valence electrons. The van der Waals surface area contributed by atoms with Crippen molar-refractivity contribution >= 4 is 16.9 Å². The number of aryl methyl sites for hydroxylation is 1. The number of carbonyl (C=O) groups is 1. The van der Waals surface area contributed by atoms with E-state index in [9.17, 15) is 18.0 Å². The van der Waals surface area contributed by atoms with Crippen LogP contribution in [0.25, 0.3) is 11.0 Å². The van der Waals surface area contributed by atoms with Gasteiger partial charge < -0.3 is 10.3 Å². The molecule has 25 heavy (non-hydrogen) atoms. The number of imidazole rings is 1. The second-order valence-corrected chi connectivity index (χ2v) is 5.60. The Morgan fingerprint density at radius 2 is 1.80 bits per heavy atom. The van der Waals surface area contributed by atoms with Crippen molar-refractivity contribution in [1.82, 2.24) is 15.3 Å². The third-order valence-corrected chi connectivity index (χ3v) is 3.79. The number of aromatic nitrogens is 2. The van der Waals surface area contributed by atoms with Crippen molar-refractivity contribution in [3.05, 3.63) is 65.5 Å². The number of benzene rings is 2. The van der Waals surface area contributed by atoms with Gasteiger partial charge >= 0.3 is 6.18 Å². The van der Waals surface area contributed by atoms with Crippen molar-refractivity contribution in [3.63, 3.8) is 0 Å². The fourth-order valence-electron chi connectivity index (χ4n) is 2.61. The number of carbonyl (C=O) groups excluding carboxylic acids is 1. The Hall–Kier alpha value is -2.83. The van der Waals surface area contributed by atoms with Gasteiger partial charge in [-0.05, 0) is 30.7 Å². The summed E-state index contributed by atoms with van der Waals surface area (Å²) in [6.07, 6.45) is -3.39. The third kappa shape index (κ3) is 3.99. The van der Waals surface area contributed by atoms with E-state index in [2.05, 4.69) is 15.3 Å². The smallest absolute Gasteiger partial charge is 0.352 e. The zero-order chi connectivity index (χ0) is 17.9. The fourth-order valence-corrected chi connectivity index (χ4v) is 2.61. The quantitative estimate of drug-likeness (QED) is 0.687. The van der Waals surface area contributed by atoms with E-state index in [1.54, 1.807) is 0 Å². The summed E-state index contributed by atoms with van der Waals surface area (Å²) in [5.41, 5.74) is 0.504. The summed E-state index contributed by atoms with van der Waals surface area (Å²) in [4.78, 5) is 19.6. The highest BCUT2D eigenvalue weighted by molar-refractivity contribution is 5.95. The van der Waals surface area contributed by atoms with Gasteiger partial charge in [-0.15, -0.1) is 0 Å². The minimum Gasteiger partial charge on any atom is -0.352 e. The van der Waals surface area contributed by atoms with Crippen LogP contribution >= 0.6 is 0 Å². The van der Waals surface area contributed by atoms with Crippen LogP contribution in [0.3, 0.4) is 0 Å². The number of nitrogens with zero attached hydrogens (tertiary/aromatic N) is 1. The molecule has 2 aromatic carbocycles. The van der Waals surface area contributed by atoms with Crippen LogP contribution < -0.4 is 5.32 Å². The number of para-hydroxylation sites is 2. The number of hydrogen-bond donors (Lipinski definition) is 2. The molecule has 0 fully saturated rings. The largest absolute Gasteiger partial charge is 0.417 e. The molecule has 4 nitrogen and oxygen atoms in total. The van der Waals surface area contributed by atoms with Gasteiger partial charge in [0.05, 0.1) is 22.2 Å². The zero-order valence-corrected chi connectivity index (χ0v) is 13.2. The third-order valence-electron chi connectivity index (χ3n) is 3.79. The predicted octanol–water partition coefficient (Wildman–Crippen LogP) is 3.94. The Bertz CT molecular complexity index is 853. The minimum atomic E-state index is -4.55. The Labute approximate surface area is 142 Å². The van der Waals surface area contributed by atoms with Crippen LogP contribution in [0.4, 0.5) is 13.2 Å². The number of alkyl halides is 3. The predicted molar refractivity (Wildman–Crippen MR) is 88.2 cm³/mol. The Morgan fingerprint density at radius 3 is 2.56 bits per heavy atom. The van der Waals surface area contributed by atoms with Gasteiger partial charge in [0.1, 0.15) is 5.82 Å². The van der Waals surface area contributed by atoms with Gasteiger partial charge in [0, 0.05) is 13.0 Å². The zero-order valence-electron chi connectivity index (χ0n) is 13.2. The molecule has 7 heteroatoms. The van der Waals surface area contributed by atoms with E-state index in [0.717, 1.165) is 22.9 Å². The van der Waals surface area contributed by atoms with Gasteiger partial charge in [-0.25, -0.2) is 4.98 Å². The molecule has 1 aromatic heterocycles. The first-order chi connectivity index (χ1) is 11.9. The SMILES string of the molecule is O=C(NCCCc1nc2ccccc2[nH]1)c1ccccc1C(F)(F)F. The number of halogens is 3. The van der Waals surface area contributed by atoms with Gasteiger partial charge in [0.2, 0.25) is 0 Å². The summed E-state index contributed by atoms with van der Waals surface area (Å²) >= 11 is 0. The molecular formula is C18H16F3N3O. The number of fused-ring (bicyclic) bond motifs is 1. The number of hydrogen-bond acceptors (Lipinski definition) is 2. The maximum absolute atomic E-state index is 12.9. The van der Waals surface area contributed by atoms with Crippen LogP contribution in [0.15, 0.2) is 48.5 Å². The number of aromatic amines is 1. The molecule has 0 spiro atoms.